The largest absolute Gasteiger partial charge is 0.493 e. The molecule has 9 heteroatoms. The Balaban J connectivity index is 0.00000280. The molecule has 0 saturated heterocycles. The van der Waals surface area contributed by atoms with Gasteiger partial charge < -0.3 is 24.6 Å². The molecular weight excluding hydrogens is 473 g/mol. The average Bonchev–Trinajstić information content (AvgIpc) is 3.33. The molecule has 0 fully saturated rings. The highest BCUT2D eigenvalue weighted by Crippen LogP contribution is 2.25. The zero-order valence-electron chi connectivity index (χ0n) is 16.5. The number of hydrogen-bond acceptors (Lipinski definition) is 6. The quantitative estimate of drug-likeness (QED) is 0.326. The van der Waals surface area contributed by atoms with Crippen LogP contribution in [0.25, 0.3) is 0 Å². The Labute approximate surface area is 182 Å². The van der Waals surface area contributed by atoms with E-state index < -0.39 is 0 Å². The van der Waals surface area contributed by atoms with E-state index in [9.17, 15) is 0 Å². The van der Waals surface area contributed by atoms with Gasteiger partial charge in [-0.1, -0.05) is 17.3 Å². The molecule has 28 heavy (non-hydrogen) atoms. The molecule has 0 spiro atoms. The van der Waals surface area contributed by atoms with Crippen LogP contribution < -0.4 is 15.4 Å². The van der Waals surface area contributed by atoms with Crippen LogP contribution in [0.4, 0.5) is 0 Å². The molecule has 1 unspecified atom stereocenters. The average molecular weight is 501 g/mol. The highest BCUT2D eigenvalue weighted by Gasteiger charge is 2.14. The summed E-state index contributed by atoms with van der Waals surface area (Å²) in [4.78, 5) is 8.56. The van der Waals surface area contributed by atoms with E-state index in [0.717, 1.165) is 31.7 Å². The SMILES string of the molecule is CCOC(C)c1noc(CNC(=NC)NCCc2ccc3c(c2)CCO3)n1.I. The van der Waals surface area contributed by atoms with E-state index in [1.807, 2.05) is 13.8 Å². The number of aliphatic imine (C=N–C) groups is 1. The van der Waals surface area contributed by atoms with E-state index >= 15 is 0 Å². The van der Waals surface area contributed by atoms with E-state index in [1.165, 1.54) is 11.1 Å². The number of nitrogens with one attached hydrogen (secondary N) is 2. The molecule has 154 valence electrons. The summed E-state index contributed by atoms with van der Waals surface area (Å²) < 4.78 is 16.3. The number of benzene rings is 1. The van der Waals surface area contributed by atoms with Crippen LogP contribution in [0.3, 0.4) is 0 Å². The van der Waals surface area contributed by atoms with Crippen LogP contribution in [0.2, 0.25) is 0 Å². The summed E-state index contributed by atoms with van der Waals surface area (Å²) >= 11 is 0. The number of ether oxygens (including phenoxy) is 2. The molecule has 3 rings (SSSR count). The van der Waals surface area contributed by atoms with Crippen molar-refractivity contribution in [1.29, 1.82) is 0 Å². The van der Waals surface area contributed by atoms with E-state index in [-0.39, 0.29) is 30.1 Å². The van der Waals surface area contributed by atoms with E-state index in [0.29, 0.717) is 30.8 Å². The smallest absolute Gasteiger partial charge is 0.246 e. The number of rotatable bonds is 8. The van der Waals surface area contributed by atoms with Crippen LogP contribution in [-0.2, 0) is 24.1 Å². The maximum Gasteiger partial charge on any atom is 0.246 e. The molecule has 2 aromatic rings. The van der Waals surface area contributed by atoms with E-state index in [1.54, 1.807) is 7.05 Å². The molecule has 1 aromatic carbocycles. The van der Waals surface area contributed by atoms with Crippen LogP contribution in [0.15, 0.2) is 27.7 Å². The van der Waals surface area contributed by atoms with Crippen molar-refractivity contribution in [2.24, 2.45) is 4.99 Å². The molecule has 1 aromatic heterocycles. The summed E-state index contributed by atoms with van der Waals surface area (Å²) in [5.74, 6) is 2.76. The summed E-state index contributed by atoms with van der Waals surface area (Å²) in [7, 11) is 1.73. The minimum Gasteiger partial charge on any atom is -0.493 e. The number of guanidine groups is 1. The summed E-state index contributed by atoms with van der Waals surface area (Å²) in [6, 6.07) is 6.39. The van der Waals surface area contributed by atoms with Crippen molar-refractivity contribution in [2.75, 3.05) is 26.8 Å². The summed E-state index contributed by atoms with van der Waals surface area (Å²) in [6.07, 6.45) is 1.72. The Morgan fingerprint density at radius 1 is 1.36 bits per heavy atom. The van der Waals surface area contributed by atoms with Gasteiger partial charge in [-0.15, -0.1) is 24.0 Å². The van der Waals surface area contributed by atoms with Gasteiger partial charge in [0, 0.05) is 26.6 Å². The fourth-order valence-electron chi connectivity index (χ4n) is 2.93. The van der Waals surface area contributed by atoms with Crippen molar-refractivity contribution in [1.82, 2.24) is 20.8 Å². The van der Waals surface area contributed by atoms with Crippen molar-refractivity contribution in [3.8, 4) is 5.75 Å². The van der Waals surface area contributed by atoms with Crippen molar-refractivity contribution in [3.05, 3.63) is 41.0 Å². The lowest BCUT2D eigenvalue weighted by atomic mass is 10.1. The number of aromatic nitrogens is 2. The fourth-order valence-corrected chi connectivity index (χ4v) is 2.93. The van der Waals surface area contributed by atoms with Gasteiger partial charge in [0.05, 0.1) is 13.2 Å². The molecule has 0 bridgehead atoms. The Kier molecular flexibility index (Phi) is 8.97. The Bertz CT molecular complexity index is 781. The molecule has 1 atom stereocenters. The van der Waals surface area contributed by atoms with Gasteiger partial charge in [-0.05, 0) is 37.5 Å². The highest BCUT2D eigenvalue weighted by molar-refractivity contribution is 14.0. The van der Waals surface area contributed by atoms with Gasteiger partial charge in [-0.3, -0.25) is 4.99 Å². The second-order valence-corrected chi connectivity index (χ2v) is 6.29. The third-order valence-corrected chi connectivity index (χ3v) is 4.35. The summed E-state index contributed by atoms with van der Waals surface area (Å²) in [5.41, 5.74) is 2.58. The molecule has 2 heterocycles. The molecule has 0 amide bonds. The van der Waals surface area contributed by atoms with Crippen molar-refractivity contribution >= 4 is 29.9 Å². The van der Waals surface area contributed by atoms with Gasteiger partial charge in [0.25, 0.3) is 0 Å². The monoisotopic (exact) mass is 501 g/mol. The molecule has 1 aliphatic rings. The Hall–Kier alpha value is -1.88. The fraction of sp³-hybridized carbons (Fsp3) is 0.526. The molecular formula is C19H28IN5O3. The van der Waals surface area contributed by atoms with Gasteiger partial charge in [0.15, 0.2) is 11.8 Å². The lowest BCUT2D eigenvalue weighted by molar-refractivity contribution is 0.0683. The lowest BCUT2D eigenvalue weighted by Crippen LogP contribution is -2.37. The number of hydrogen-bond donors (Lipinski definition) is 2. The number of fused-ring (bicyclic) bond motifs is 1. The molecule has 1 aliphatic heterocycles. The van der Waals surface area contributed by atoms with Crippen molar-refractivity contribution in [3.63, 3.8) is 0 Å². The number of halogens is 1. The second kappa shape index (κ2) is 11.2. The number of nitrogens with zero attached hydrogens (tertiary/aromatic N) is 3. The van der Waals surface area contributed by atoms with Gasteiger partial charge in [-0.25, -0.2) is 0 Å². The van der Waals surface area contributed by atoms with Gasteiger partial charge in [0.2, 0.25) is 5.89 Å². The first kappa shape index (κ1) is 22.4. The minimum absolute atomic E-state index is 0. The van der Waals surface area contributed by atoms with Crippen LogP contribution in [0.1, 0.15) is 42.8 Å². The predicted octanol–water partition coefficient (Wildman–Crippen LogP) is 2.63. The third-order valence-electron chi connectivity index (χ3n) is 4.35. The van der Waals surface area contributed by atoms with Gasteiger partial charge in [-0.2, -0.15) is 4.98 Å². The molecule has 2 N–H and O–H groups in total. The lowest BCUT2D eigenvalue weighted by Gasteiger charge is -2.11. The molecule has 0 saturated carbocycles. The maximum absolute atomic E-state index is 5.54. The molecule has 0 radical (unpaired) electrons. The summed E-state index contributed by atoms with van der Waals surface area (Å²) in [6.45, 7) is 6.41. The highest BCUT2D eigenvalue weighted by atomic mass is 127. The van der Waals surface area contributed by atoms with Crippen molar-refractivity contribution < 1.29 is 14.0 Å². The van der Waals surface area contributed by atoms with Gasteiger partial charge in [0.1, 0.15) is 11.9 Å². The van der Waals surface area contributed by atoms with E-state index in [4.69, 9.17) is 14.0 Å². The topological polar surface area (TPSA) is 93.8 Å². The normalized spacial score (nSPS) is 14.0. The van der Waals surface area contributed by atoms with Crippen molar-refractivity contribution in [2.45, 2.75) is 39.3 Å². The predicted molar refractivity (Wildman–Crippen MR) is 117 cm³/mol. The summed E-state index contributed by atoms with van der Waals surface area (Å²) in [5, 5.41) is 10.4. The third kappa shape index (κ3) is 6.06. The van der Waals surface area contributed by atoms with E-state index in [2.05, 4.69) is 44.0 Å². The Morgan fingerprint density at radius 2 is 2.21 bits per heavy atom. The van der Waals surface area contributed by atoms with Crippen LogP contribution >= 0.6 is 24.0 Å². The minimum atomic E-state index is -0.178. The first-order valence-corrected chi connectivity index (χ1v) is 9.32. The van der Waals surface area contributed by atoms with Crippen LogP contribution in [0, 0.1) is 0 Å². The Morgan fingerprint density at radius 3 is 3.00 bits per heavy atom. The first-order valence-electron chi connectivity index (χ1n) is 9.32. The molecule has 0 aliphatic carbocycles. The van der Waals surface area contributed by atoms with Crippen LogP contribution in [0.5, 0.6) is 5.75 Å². The zero-order valence-corrected chi connectivity index (χ0v) is 18.9. The first-order chi connectivity index (χ1) is 13.2. The second-order valence-electron chi connectivity index (χ2n) is 6.29. The zero-order chi connectivity index (χ0) is 19.1. The standard InChI is InChI=1S/C19H27N5O3.HI/c1-4-25-13(2)18-23-17(27-24-18)12-22-19(20-3)21-9-7-14-5-6-16-15(11-14)8-10-26-16;/h5-6,11,13H,4,7-10,12H2,1-3H3,(H2,20,21,22);1H. The molecule has 8 nitrogen and oxygen atoms in total. The maximum atomic E-state index is 5.54. The van der Waals surface area contributed by atoms with Gasteiger partial charge >= 0.3 is 0 Å². The van der Waals surface area contributed by atoms with Crippen LogP contribution in [-0.4, -0.2) is 42.9 Å².